The molecule has 8 heteroatoms. The summed E-state index contributed by atoms with van der Waals surface area (Å²) < 4.78 is 5.29. The lowest BCUT2D eigenvalue weighted by molar-refractivity contribution is 0.0655. The minimum absolute atomic E-state index is 0. The van der Waals surface area contributed by atoms with Crippen LogP contribution in [0.3, 0.4) is 0 Å². The van der Waals surface area contributed by atoms with Gasteiger partial charge in [-0.25, -0.2) is 0 Å². The largest absolute Gasteiger partial charge is 0.339 e. The number of aromatic nitrogens is 2. The molecule has 1 saturated heterocycles. The van der Waals surface area contributed by atoms with Gasteiger partial charge in [0.1, 0.15) is 0 Å². The second kappa shape index (κ2) is 6.70. The highest BCUT2D eigenvalue weighted by Crippen LogP contribution is 2.23. The predicted octanol–water partition coefficient (Wildman–Crippen LogP) is 1.41. The number of amides is 2. The Kier molecular flexibility index (Phi) is 4.64. The van der Waals surface area contributed by atoms with Crippen LogP contribution >= 0.6 is 12.4 Å². The summed E-state index contributed by atoms with van der Waals surface area (Å²) in [5.74, 6) is 0.912. The van der Waals surface area contributed by atoms with Crippen molar-refractivity contribution in [2.45, 2.75) is 18.8 Å². The van der Waals surface area contributed by atoms with E-state index in [0.717, 1.165) is 19.5 Å². The molecule has 3 heterocycles. The van der Waals surface area contributed by atoms with Crippen molar-refractivity contribution in [2.24, 2.45) is 0 Å². The smallest absolute Gasteiger partial charge is 0.261 e. The molecule has 0 saturated carbocycles. The quantitative estimate of drug-likeness (QED) is 0.840. The normalized spacial score (nSPS) is 19.5. The molecule has 2 amide bonds. The molecular formula is C16H17ClN4O3. The Balaban J connectivity index is 0.00000169. The van der Waals surface area contributed by atoms with Gasteiger partial charge in [-0.05, 0) is 25.1 Å². The van der Waals surface area contributed by atoms with Gasteiger partial charge in [0.05, 0.1) is 17.0 Å². The maximum atomic E-state index is 12.3. The minimum atomic E-state index is -0.255. The topological polar surface area (TPSA) is 88.3 Å². The summed E-state index contributed by atoms with van der Waals surface area (Å²) in [5, 5.41) is 7.21. The zero-order valence-electron chi connectivity index (χ0n) is 12.9. The summed E-state index contributed by atoms with van der Waals surface area (Å²) in [6.07, 6.45) is 1.38. The molecule has 1 aromatic carbocycles. The Morgan fingerprint density at radius 3 is 2.54 bits per heavy atom. The third-order valence-electron chi connectivity index (χ3n) is 4.33. The lowest BCUT2D eigenvalue weighted by atomic mass is 10.1. The standard InChI is InChI=1S/C16H16N4O3.ClH/c21-15-11-3-1-2-4-12(11)16(22)20(15)8-6-13-18-14(23-19-13)10-5-7-17-9-10;/h1-4,10,17H,5-9H2;1H. The number of fused-ring (bicyclic) bond motifs is 1. The molecule has 1 N–H and O–H groups in total. The SMILES string of the molecule is Cl.O=C1c2ccccc2C(=O)N1CCc1noc(C2CCNC2)n1. The monoisotopic (exact) mass is 348 g/mol. The molecule has 0 radical (unpaired) electrons. The maximum absolute atomic E-state index is 12.3. The van der Waals surface area contributed by atoms with E-state index in [-0.39, 0.29) is 36.7 Å². The van der Waals surface area contributed by atoms with Crippen LogP contribution in [0.25, 0.3) is 0 Å². The Morgan fingerprint density at radius 1 is 1.21 bits per heavy atom. The number of halogens is 1. The fourth-order valence-corrected chi connectivity index (χ4v) is 3.05. The molecule has 0 aliphatic carbocycles. The van der Waals surface area contributed by atoms with E-state index in [4.69, 9.17) is 4.52 Å². The highest BCUT2D eigenvalue weighted by molar-refractivity contribution is 6.21. The number of nitrogens with zero attached hydrogens (tertiary/aromatic N) is 3. The van der Waals surface area contributed by atoms with Crippen LogP contribution in [0.1, 0.15) is 44.8 Å². The Labute approximate surface area is 144 Å². The van der Waals surface area contributed by atoms with E-state index in [9.17, 15) is 9.59 Å². The fraction of sp³-hybridized carbons (Fsp3) is 0.375. The third kappa shape index (κ3) is 2.81. The lowest BCUT2D eigenvalue weighted by Gasteiger charge is -2.11. The van der Waals surface area contributed by atoms with Crippen LogP contribution in [0.5, 0.6) is 0 Å². The second-order valence-corrected chi connectivity index (χ2v) is 5.80. The molecule has 24 heavy (non-hydrogen) atoms. The molecule has 1 fully saturated rings. The molecule has 0 spiro atoms. The average molecular weight is 349 g/mol. The number of hydrogen-bond acceptors (Lipinski definition) is 6. The summed E-state index contributed by atoms with van der Waals surface area (Å²) in [5.41, 5.74) is 0.923. The minimum Gasteiger partial charge on any atom is -0.339 e. The van der Waals surface area contributed by atoms with Crippen LogP contribution in [0.2, 0.25) is 0 Å². The molecule has 126 valence electrons. The molecule has 4 rings (SSSR count). The molecule has 1 atom stereocenters. The van der Waals surface area contributed by atoms with E-state index in [1.165, 1.54) is 4.90 Å². The van der Waals surface area contributed by atoms with Crippen molar-refractivity contribution in [1.82, 2.24) is 20.4 Å². The Bertz CT molecular complexity index is 735. The number of rotatable bonds is 4. The van der Waals surface area contributed by atoms with Crippen molar-refractivity contribution in [1.29, 1.82) is 0 Å². The van der Waals surface area contributed by atoms with Gasteiger partial charge in [0.25, 0.3) is 11.8 Å². The van der Waals surface area contributed by atoms with Gasteiger partial charge in [-0.2, -0.15) is 4.98 Å². The third-order valence-corrected chi connectivity index (χ3v) is 4.33. The van der Waals surface area contributed by atoms with Crippen molar-refractivity contribution in [3.63, 3.8) is 0 Å². The Hall–Kier alpha value is -2.25. The van der Waals surface area contributed by atoms with Gasteiger partial charge in [-0.15, -0.1) is 12.4 Å². The fourth-order valence-electron chi connectivity index (χ4n) is 3.05. The molecule has 7 nitrogen and oxygen atoms in total. The summed E-state index contributed by atoms with van der Waals surface area (Å²) in [6.45, 7) is 2.06. The van der Waals surface area contributed by atoms with Gasteiger partial charge >= 0.3 is 0 Å². The molecule has 2 aliphatic heterocycles. The van der Waals surface area contributed by atoms with E-state index in [1.54, 1.807) is 24.3 Å². The number of nitrogens with one attached hydrogen (secondary N) is 1. The van der Waals surface area contributed by atoms with Crippen molar-refractivity contribution in [2.75, 3.05) is 19.6 Å². The van der Waals surface area contributed by atoms with Crippen LogP contribution in [-0.4, -0.2) is 46.5 Å². The lowest BCUT2D eigenvalue weighted by Crippen LogP contribution is -2.31. The Morgan fingerprint density at radius 2 is 1.92 bits per heavy atom. The van der Waals surface area contributed by atoms with Crippen molar-refractivity contribution < 1.29 is 14.1 Å². The van der Waals surface area contributed by atoms with Crippen LogP contribution in [0.15, 0.2) is 28.8 Å². The highest BCUT2D eigenvalue weighted by Gasteiger charge is 2.35. The maximum Gasteiger partial charge on any atom is 0.261 e. The van der Waals surface area contributed by atoms with Gasteiger partial charge in [0.15, 0.2) is 5.82 Å². The molecule has 1 aromatic heterocycles. The first-order chi connectivity index (χ1) is 11.2. The van der Waals surface area contributed by atoms with Gasteiger partial charge in [0, 0.05) is 19.5 Å². The van der Waals surface area contributed by atoms with Crippen LogP contribution in [-0.2, 0) is 6.42 Å². The average Bonchev–Trinajstić information content (AvgIpc) is 3.29. The molecule has 2 aliphatic rings. The van der Waals surface area contributed by atoms with Crippen LogP contribution in [0, 0.1) is 0 Å². The van der Waals surface area contributed by atoms with Crippen LogP contribution in [0.4, 0.5) is 0 Å². The van der Waals surface area contributed by atoms with Crippen molar-refractivity contribution in [3.05, 3.63) is 47.1 Å². The van der Waals surface area contributed by atoms with E-state index < -0.39 is 0 Å². The van der Waals surface area contributed by atoms with Gasteiger partial charge in [0.2, 0.25) is 5.89 Å². The van der Waals surface area contributed by atoms with E-state index >= 15 is 0 Å². The van der Waals surface area contributed by atoms with Crippen molar-refractivity contribution in [3.8, 4) is 0 Å². The number of carbonyl (C=O) groups is 2. The van der Waals surface area contributed by atoms with Gasteiger partial charge < -0.3 is 9.84 Å². The number of carbonyl (C=O) groups excluding carboxylic acids is 2. The molecular weight excluding hydrogens is 332 g/mol. The van der Waals surface area contributed by atoms with E-state index in [0.29, 0.717) is 29.3 Å². The molecule has 0 bridgehead atoms. The first-order valence-corrected chi connectivity index (χ1v) is 7.72. The number of benzene rings is 1. The summed E-state index contributed by atoms with van der Waals surface area (Å²) in [6, 6.07) is 6.87. The first kappa shape index (κ1) is 16.6. The van der Waals surface area contributed by atoms with E-state index in [1.807, 2.05) is 0 Å². The van der Waals surface area contributed by atoms with E-state index in [2.05, 4.69) is 15.5 Å². The number of imide groups is 1. The molecule has 1 unspecified atom stereocenters. The first-order valence-electron chi connectivity index (χ1n) is 7.72. The van der Waals surface area contributed by atoms with Crippen molar-refractivity contribution >= 4 is 24.2 Å². The molecule has 2 aromatic rings. The predicted molar refractivity (Wildman–Crippen MR) is 87.3 cm³/mol. The zero-order chi connectivity index (χ0) is 15.8. The summed E-state index contributed by atoms with van der Waals surface area (Å²) in [7, 11) is 0. The van der Waals surface area contributed by atoms with Gasteiger partial charge in [-0.1, -0.05) is 17.3 Å². The second-order valence-electron chi connectivity index (χ2n) is 5.80. The van der Waals surface area contributed by atoms with Crippen LogP contribution < -0.4 is 5.32 Å². The highest BCUT2D eigenvalue weighted by atomic mass is 35.5. The summed E-state index contributed by atoms with van der Waals surface area (Å²) in [4.78, 5) is 30.2. The summed E-state index contributed by atoms with van der Waals surface area (Å²) >= 11 is 0. The van der Waals surface area contributed by atoms with Gasteiger partial charge in [-0.3, -0.25) is 14.5 Å². The number of hydrogen-bond donors (Lipinski definition) is 1. The zero-order valence-corrected chi connectivity index (χ0v) is 13.7.